The summed E-state index contributed by atoms with van der Waals surface area (Å²) in [6, 6.07) is 6.19. The molecule has 0 atom stereocenters. The van der Waals surface area contributed by atoms with Gasteiger partial charge in [0, 0.05) is 5.56 Å². The lowest BCUT2D eigenvalue weighted by Gasteiger charge is -1.89. The zero-order valence-electron chi connectivity index (χ0n) is 7.14. The highest BCUT2D eigenvalue weighted by molar-refractivity contribution is 6.33. The molecule has 0 unspecified atom stereocenters. The van der Waals surface area contributed by atoms with Gasteiger partial charge in [-0.05, 0) is 24.3 Å². The number of carbonyl (C=O) groups excluding carboxylic acids is 1. The van der Waals surface area contributed by atoms with E-state index < -0.39 is 0 Å². The lowest BCUT2D eigenvalue weighted by Crippen LogP contribution is -1.99. The van der Waals surface area contributed by atoms with Crippen LogP contribution in [0.25, 0.3) is 0 Å². The second-order valence-electron chi connectivity index (χ2n) is 2.37. The Balaban J connectivity index is 2.98. The Hall–Kier alpha value is -2.42. The number of Topliss-reactive ketones (excluding diaryl/α,β-unsaturated/α-hetero) is 1. The quantitative estimate of drug-likeness (QED) is 0.318. The summed E-state index contributed by atoms with van der Waals surface area (Å²) in [6.07, 6.45) is 0.918. The van der Waals surface area contributed by atoms with Crippen molar-refractivity contribution in [3.05, 3.63) is 29.8 Å². The molecule has 0 heterocycles. The van der Waals surface area contributed by atoms with Gasteiger partial charge in [0.25, 0.3) is 5.78 Å². The van der Waals surface area contributed by atoms with Crippen molar-refractivity contribution in [3.63, 3.8) is 0 Å². The predicted molar refractivity (Wildman–Crippen MR) is 46.8 cm³/mol. The van der Waals surface area contributed by atoms with Gasteiger partial charge in [0.2, 0.25) is 4.91 Å². The Kier molecular flexibility index (Phi) is 3.15. The number of rotatable bonds is 3. The molecule has 0 aliphatic rings. The fraction of sp³-hybridized carbons (Fsp3) is 0. The van der Waals surface area contributed by atoms with Crippen LogP contribution in [-0.4, -0.2) is 16.8 Å². The number of hydrogen-bond acceptors (Lipinski definition) is 4. The summed E-state index contributed by atoms with van der Waals surface area (Å²) in [5.41, 5.74) is 13.9. The van der Waals surface area contributed by atoms with Gasteiger partial charge >= 0.3 is 6.21 Å². The first-order valence-corrected chi connectivity index (χ1v) is 3.69. The molecule has 6 heteroatoms. The maximum absolute atomic E-state index is 11.2. The van der Waals surface area contributed by atoms with E-state index in [0.29, 0.717) is 11.3 Å². The number of ketones is 1. The van der Waals surface area contributed by atoms with E-state index >= 15 is 0 Å². The van der Waals surface area contributed by atoms with Gasteiger partial charge in [-0.1, -0.05) is 0 Å². The third-order valence-electron chi connectivity index (χ3n) is 1.50. The summed E-state index contributed by atoms with van der Waals surface area (Å²) in [7, 11) is 0. The zero-order valence-corrected chi connectivity index (χ0v) is 7.14. The highest BCUT2D eigenvalue weighted by atomic mass is 16.1. The Labute approximate surface area is 79.0 Å². The Morgan fingerprint density at radius 1 is 1.29 bits per heavy atom. The van der Waals surface area contributed by atoms with E-state index in [-0.39, 0.29) is 5.78 Å². The van der Waals surface area contributed by atoms with Crippen molar-refractivity contribution in [2.45, 2.75) is 0 Å². The van der Waals surface area contributed by atoms with Crippen LogP contribution in [0.15, 0.2) is 29.4 Å². The SMILES string of the molecule is N=[N+]=CC(=O)c1ccc(N=[N+]=N)cc1. The van der Waals surface area contributed by atoms with Crippen molar-refractivity contribution in [1.29, 1.82) is 11.1 Å². The third kappa shape index (κ3) is 2.28. The average molecular weight is 189 g/mol. The van der Waals surface area contributed by atoms with Crippen molar-refractivity contribution in [3.8, 4) is 0 Å². The molecule has 0 spiro atoms. The van der Waals surface area contributed by atoms with Crippen LogP contribution in [0.4, 0.5) is 5.69 Å². The molecule has 0 bridgehead atoms. The Morgan fingerprint density at radius 2 is 1.93 bits per heavy atom. The number of nitrogens with zero attached hydrogens (tertiary/aromatic N) is 3. The molecule has 0 amide bonds. The second-order valence-corrected chi connectivity index (χ2v) is 2.37. The maximum Gasteiger partial charge on any atom is 0.377 e. The van der Waals surface area contributed by atoms with Crippen molar-refractivity contribution in [2.24, 2.45) is 5.11 Å². The minimum atomic E-state index is -0.339. The van der Waals surface area contributed by atoms with Crippen LogP contribution in [0, 0.1) is 11.1 Å². The smallest absolute Gasteiger partial charge is 0.281 e. The molecule has 0 aliphatic carbocycles. The summed E-state index contributed by atoms with van der Waals surface area (Å²) in [5, 5.41) is 3.46. The highest BCUT2D eigenvalue weighted by Gasteiger charge is 2.07. The minimum absolute atomic E-state index is 0.339. The summed E-state index contributed by atoms with van der Waals surface area (Å²) in [5.74, 6) is -0.339. The molecule has 0 fully saturated rings. The first-order valence-electron chi connectivity index (χ1n) is 3.69. The lowest BCUT2D eigenvalue weighted by molar-refractivity contribution is -0.111. The largest absolute Gasteiger partial charge is 0.377 e. The van der Waals surface area contributed by atoms with Crippen LogP contribution in [0.1, 0.15) is 10.4 Å². The van der Waals surface area contributed by atoms with Gasteiger partial charge in [-0.25, -0.2) is 0 Å². The van der Waals surface area contributed by atoms with E-state index in [2.05, 4.69) is 14.8 Å². The van der Waals surface area contributed by atoms with Crippen molar-refractivity contribution < 1.29 is 9.58 Å². The molecule has 0 aromatic heterocycles. The molecule has 2 N–H and O–H groups in total. The number of hydrogen-bond donors (Lipinski definition) is 2. The van der Waals surface area contributed by atoms with Gasteiger partial charge in [0.1, 0.15) is 5.53 Å². The van der Waals surface area contributed by atoms with Crippen molar-refractivity contribution in [2.75, 3.05) is 0 Å². The minimum Gasteiger partial charge on any atom is -0.281 e. The Bertz CT molecular complexity index is 437. The van der Waals surface area contributed by atoms with Crippen LogP contribution in [0.2, 0.25) is 0 Å². The third-order valence-corrected chi connectivity index (χ3v) is 1.50. The molecule has 1 aromatic rings. The summed E-state index contributed by atoms with van der Waals surface area (Å²) < 4.78 is 0. The highest BCUT2D eigenvalue weighted by Crippen LogP contribution is 2.11. The average Bonchev–Trinajstić information content (AvgIpc) is 2.20. The number of benzene rings is 1. The molecule has 1 rings (SSSR count). The first-order chi connectivity index (χ1) is 6.77. The van der Waals surface area contributed by atoms with E-state index in [1.807, 2.05) is 0 Å². The molecule has 6 nitrogen and oxygen atoms in total. The molecular weight excluding hydrogens is 182 g/mol. The lowest BCUT2D eigenvalue weighted by atomic mass is 10.1. The number of carbonyl (C=O) groups is 1. The van der Waals surface area contributed by atoms with E-state index in [4.69, 9.17) is 11.1 Å². The fourth-order valence-corrected chi connectivity index (χ4v) is 0.883. The standard InChI is InChI=1S/C8H7N5O/c9-11-5-8(14)6-1-3-7(4-2-6)12-13-10/h1-5,9-10H/q+2. The normalized spacial score (nSPS) is 8.29. The molecular formula is C8H7N5O+2. The predicted octanol–water partition coefficient (Wildman–Crippen LogP) is 1.36. The van der Waals surface area contributed by atoms with Gasteiger partial charge in [-0.3, -0.25) is 4.79 Å². The van der Waals surface area contributed by atoms with Gasteiger partial charge in [0.15, 0.2) is 10.8 Å². The maximum atomic E-state index is 11.2. The summed E-state index contributed by atoms with van der Waals surface area (Å²) in [6.45, 7) is 0. The van der Waals surface area contributed by atoms with E-state index in [9.17, 15) is 4.79 Å². The second kappa shape index (κ2) is 4.57. The van der Waals surface area contributed by atoms with Gasteiger partial charge in [-0.2, -0.15) is 0 Å². The van der Waals surface area contributed by atoms with Gasteiger partial charge in [0.05, 0.1) is 10.3 Å². The summed E-state index contributed by atoms with van der Waals surface area (Å²) in [4.78, 5) is 16.9. The van der Waals surface area contributed by atoms with E-state index in [0.717, 1.165) is 6.21 Å². The molecule has 68 valence electrons. The fourth-order valence-electron chi connectivity index (χ4n) is 0.883. The van der Waals surface area contributed by atoms with Crippen LogP contribution in [-0.2, 0) is 0 Å². The van der Waals surface area contributed by atoms with Crippen LogP contribution in [0.3, 0.4) is 0 Å². The monoisotopic (exact) mass is 189 g/mol. The molecule has 0 saturated heterocycles. The summed E-state index contributed by atoms with van der Waals surface area (Å²) >= 11 is 0. The van der Waals surface area contributed by atoms with Crippen LogP contribution in [0.5, 0.6) is 0 Å². The van der Waals surface area contributed by atoms with Crippen molar-refractivity contribution in [1.82, 2.24) is 4.91 Å². The Morgan fingerprint density at radius 3 is 2.43 bits per heavy atom. The van der Waals surface area contributed by atoms with E-state index in [1.165, 1.54) is 12.1 Å². The molecule has 14 heavy (non-hydrogen) atoms. The first kappa shape index (κ1) is 9.67. The van der Waals surface area contributed by atoms with Gasteiger partial charge < -0.3 is 0 Å². The molecule has 1 aromatic carbocycles. The van der Waals surface area contributed by atoms with Crippen LogP contribution < -0.4 is 4.91 Å². The topological polar surface area (TPSA) is 105 Å². The molecule has 0 saturated carbocycles. The molecule has 0 radical (unpaired) electrons. The van der Waals surface area contributed by atoms with Crippen molar-refractivity contribution >= 4 is 17.7 Å². The van der Waals surface area contributed by atoms with Gasteiger partial charge in [-0.15, -0.1) is 0 Å². The van der Waals surface area contributed by atoms with E-state index in [1.54, 1.807) is 12.1 Å². The number of nitrogens with one attached hydrogen (secondary N) is 2. The zero-order chi connectivity index (χ0) is 10.4. The molecule has 0 aliphatic heterocycles. The van der Waals surface area contributed by atoms with Crippen LogP contribution >= 0.6 is 0 Å².